The van der Waals surface area contributed by atoms with Crippen molar-refractivity contribution in [3.63, 3.8) is 0 Å². The Morgan fingerprint density at radius 2 is 2.42 bits per heavy atom. The zero-order valence-corrected chi connectivity index (χ0v) is 6.23. The van der Waals surface area contributed by atoms with Crippen LogP contribution >= 0.6 is 0 Å². The lowest BCUT2D eigenvalue weighted by Crippen LogP contribution is -2.00. The maximum Gasteiger partial charge on any atom is 0.341 e. The molecule has 0 fully saturated rings. The zero-order valence-electron chi connectivity index (χ0n) is 6.23. The van der Waals surface area contributed by atoms with Crippen molar-refractivity contribution in [3.8, 4) is 0 Å². The summed E-state index contributed by atoms with van der Waals surface area (Å²) in [6.45, 7) is 0. The summed E-state index contributed by atoms with van der Waals surface area (Å²) in [7, 11) is 0. The van der Waals surface area contributed by atoms with Gasteiger partial charge in [-0.15, -0.1) is 0 Å². The molecule has 4 nitrogen and oxygen atoms in total. The molecule has 1 aliphatic rings. The average molecular weight is 162 g/mol. The van der Waals surface area contributed by atoms with Crippen LogP contribution in [0.3, 0.4) is 0 Å². The normalized spacial score (nSPS) is 15.7. The Kier molecular flexibility index (Phi) is 1.59. The second-order valence-corrected chi connectivity index (χ2v) is 2.42. The van der Waals surface area contributed by atoms with Crippen molar-refractivity contribution in [2.45, 2.75) is 6.42 Å². The van der Waals surface area contributed by atoms with Crippen LogP contribution in [0.5, 0.6) is 0 Å². The first kappa shape index (κ1) is 6.97. The molecule has 4 heteroatoms. The van der Waals surface area contributed by atoms with Gasteiger partial charge in [0.2, 0.25) is 0 Å². The van der Waals surface area contributed by atoms with Gasteiger partial charge in [-0.25, -0.2) is 4.79 Å². The fraction of sp³-hybridized carbons (Fsp3) is 0.125. The fourth-order valence-corrected chi connectivity index (χ4v) is 0.996. The molecule has 2 rings (SSSR count). The summed E-state index contributed by atoms with van der Waals surface area (Å²) in [6.07, 6.45) is 3.56. The van der Waals surface area contributed by atoms with Crippen LogP contribution < -0.4 is 0 Å². The van der Waals surface area contributed by atoms with Gasteiger partial charge in [0, 0.05) is 18.0 Å². The van der Waals surface area contributed by atoms with E-state index >= 15 is 0 Å². The van der Waals surface area contributed by atoms with Crippen LogP contribution in [0, 0.1) is 0 Å². The highest BCUT2D eigenvalue weighted by Gasteiger charge is 2.18. The quantitative estimate of drug-likeness (QED) is 0.572. The summed E-state index contributed by atoms with van der Waals surface area (Å²) in [5, 5.41) is 3.61. The Hall–Kier alpha value is -1.71. The van der Waals surface area contributed by atoms with E-state index < -0.39 is 0 Å². The van der Waals surface area contributed by atoms with E-state index in [4.69, 9.17) is 0 Å². The third-order valence-electron chi connectivity index (χ3n) is 1.56. The number of carbonyl (C=O) groups excluding carboxylic acids is 1. The monoisotopic (exact) mass is 162 g/mol. The van der Waals surface area contributed by atoms with Gasteiger partial charge >= 0.3 is 5.97 Å². The number of nitrogens with zero attached hydrogens (tertiary/aromatic N) is 2. The van der Waals surface area contributed by atoms with Crippen LogP contribution in [0.15, 0.2) is 29.7 Å². The van der Waals surface area contributed by atoms with Crippen molar-refractivity contribution in [1.82, 2.24) is 4.98 Å². The van der Waals surface area contributed by atoms with Gasteiger partial charge in [-0.3, -0.25) is 4.98 Å². The lowest BCUT2D eigenvalue weighted by molar-refractivity contribution is -0.140. The minimum atomic E-state index is -0.311. The summed E-state index contributed by atoms with van der Waals surface area (Å²) < 4.78 is 0. The summed E-state index contributed by atoms with van der Waals surface area (Å²) in [5.74, 6) is -0.311. The fourth-order valence-electron chi connectivity index (χ4n) is 0.996. The molecule has 0 spiro atoms. The second kappa shape index (κ2) is 2.73. The van der Waals surface area contributed by atoms with Crippen LogP contribution in [-0.4, -0.2) is 16.7 Å². The molecule has 0 N–H and O–H groups in total. The van der Waals surface area contributed by atoms with Gasteiger partial charge in [0.1, 0.15) is 5.71 Å². The van der Waals surface area contributed by atoms with E-state index in [-0.39, 0.29) is 12.4 Å². The standard InChI is InChI=1S/C8H6N2O2/c11-8-4-7(10-12-8)6-2-1-3-9-5-6/h1-3,5H,4H2. The summed E-state index contributed by atoms with van der Waals surface area (Å²) in [5.41, 5.74) is 1.48. The van der Waals surface area contributed by atoms with Crippen molar-refractivity contribution in [3.05, 3.63) is 30.1 Å². The maximum atomic E-state index is 10.7. The predicted molar refractivity (Wildman–Crippen MR) is 41.5 cm³/mol. The molecule has 0 saturated heterocycles. The summed E-state index contributed by atoms with van der Waals surface area (Å²) in [4.78, 5) is 19.0. The van der Waals surface area contributed by atoms with Crippen LogP contribution in [0.1, 0.15) is 12.0 Å². The maximum absolute atomic E-state index is 10.7. The smallest absolute Gasteiger partial charge is 0.318 e. The number of carbonyl (C=O) groups is 1. The second-order valence-electron chi connectivity index (χ2n) is 2.42. The van der Waals surface area contributed by atoms with E-state index in [0.717, 1.165) is 5.56 Å². The van der Waals surface area contributed by atoms with Crippen molar-refractivity contribution in [2.24, 2.45) is 5.16 Å². The van der Waals surface area contributed by atoms with Gasteiger partial charge in [0.05, 0.1) is 6.42 Å². The lowest BCUT2D eigenvalue weighted by atomic mass is 10.1. The van der Waals surface area contributed by atoms with Gasteiger partial charge in [0.15, 0.2) is 0 Å². The Morgan fingerprint density at radius 3 is 3.00 bits per heavy atom. The first-order valence-corrected chi connectivity index (χ1v) is 3.53. The van der Waals surface area contributed by atoms with Crippen LogP contribution in [0.25, 0.3) is 0 Å². The molecular formula is C8H6N2O2. The highest BCUT2D eigenvalue weighted by Crippen LogP contribution is 2.09. The van der Waals surface area contributed by atoms with Gasteiger partial charge < -0.3 is 4.84 Å². The Balaban J connectivity index is 2.28. The van der Waals surface area contributed by atoms with Crippen molar-refractivity contribution in [2.75, 3.05) is 0 Å². The zero-order chi connectivity index (χ0) is 8.39. The van der Waals surface area contributed by atoms with Gasteiger partial charge in [0.25, 0.3) is 0 Å². The molecule has 0 aromatic carbocycles. The van der Waals surface area contributed by atoms with E-state index in [9.17, 15) is 4.79 Å². The topological polar surface area (TPSA) is 51.5 Å². The van der Waals surface area contributed by atoms with Crippen LogP contribution in [0.4, 0.5) is 0 Å². The van der Waals surface area contributed by atoms with E-state index in [0.29, 0.717) is 5.71 Å². The third-order valence-corrected chi connectivity index (χ3v) is 1.56. The first-order valence-electron chi connectivity index (χ1n) is 3.53. The number of aromatic nitrogens is 1. The molecule has 1 aliphatic heterocycles. The molecule has 1 aromatic heterocycles. The van der Waals surface area contributed by atoms with Gasteiger partial charge in [-0.2, -0.15) is 0 Å². The van der Waals surface area contributed by atoms with Crippen molar-refractivity contribution in [1.29, 1.82) is 0 Å². The molecule has 0 unspecified atom stereocenters. The number of oxime groups is 1. The van der Waals surface area contributed by atoms with Gasteiger partial charge in [-0.1, -0.05) is 5.16 Å². The first-order chi connectivity index (χ1) is 5.86. The number of rotatable bonds is 1. The molecular weight excluding hydrogens is 156 g/mol. The summed E-state index contributed by atoms with van der Waals surface area (Å²) >= 11 is 0. The van der Waals surface area contributed by atoms with Crippen LogP contribution in [0.2, 0.25) is 0 Å². The predicted octanol–water partition coefficient (Wildman–Crippen LogP) is 0.733. The minimum Gasteiger partial charge on any atom is -0.318 e. The molecule has 0 atom stereocenters. The molecule has 2 heterocycles. The molecule has 60 valence electrons. The minimum absolute atomic E-state index is 0.242. The number of hydrogen-bond donors (Lipinski definition) is 0. The molecule has 1 aromatic rings. The van der Waals surface area contributed by atoms with Crippen LogP contribution in [-0.2, 0) is 9.63 Å². The molecule has 0 bridgehead atoms. The molecule has 0 aliphatic carbocycles. The largest absolute Gasteiger partial charge is 0.341 e. The molecule has 0 amide bonds. The Bertz CT molecular complexity index is 332. The highest BCUT2D eigenvalue weighted by molar-refractivity contribution is 6.11. The van der Waals surface area contributed by atoms with Crippen molar-refractivity contribution >= 4 is 11.7 Å². The van der Waals surface area contributed by atoms with E-state index in [1.807, 2.05) is 6.07 Å². The average Bonchev–Trinajstić information content (AvgIpc) is 2.54. The molecule has 0 radical (unpaired) electrons. The number of hydrogen-bond acceptors (Lipinski definition) is 4. The summed E-state index contributed by atoms with van der Waals surface area (Å²) in [6, 6.07) is 3.63. The molecule has 0 saturated carbocycles. The van der Waals surface area contributed by atoms with E-state index in [1.165, 1.54) is 0 Å². The molecule has 12 heavy (non-hydrogen) atoms. The van der Waals surface area contributed by atoms with E-state index in [1.54, 1.807) is 18.5 Å². The third kappa shape index (κ3) is 1.18. The van der Waals surface area contributed by atoms with E-state index in [2.05, 4.69) is 15.0 Å². The lowest BCUT2D eigenvalue weighted by Gasteiger charge is -1.92. The van der Waals surface area contributed by atoms with Crippen molar-refractivity contribution < 1.29 is 9.63 Å². The highest BCUT2D eigenvalue weighted by atomic mass is 16.7. The van der Waals surface area contributed by atoms with Gasteiger partial charge in [-0.05, 0) is 12.1 Å². The Morgan fingerprint density at radius 1 is 1.50 bits per heavy atom. The Labute approximate surface area is 68.9 Å². The number of pyridine rings is 1. The SMILES string of the molecule is O=C1CC(c2cccnc2)=NO1.